The molecule has 3 aromatic carbocycles. The van der Waals surface area contributed by atoms with E-state index >= 15 is 0 Å². The summed E-state index contributed by atoms with van der Waals surface area (Å²) in [5.74, 6) is 4.09. The summed E-state index contributed by atoms with van der Waals surface area (Å²) in [7, 11) is 3.17. The van der Waals surface area contributed by atoms with E-state index in [-0.39, 0.29) is 13.2 Å². The average Bonchev–Trinajstić information content (AvgIpc) is 3.15. The molecular weight excluding hydrogens is 412 g/mol. The topological polar surface area (TPSA) is 62.1 Å². The van der Waals surface area contributed by atoms with Crippen molar-refractivity contribution in [3.05, 3.63) is 59.4 Å². The maximum absolute atomic E-state index is 12.6. The number of aromatic nitrogens is 1. The normalized spacial score (nSPS) is 11.5. The van der Waals surface area contributed by atoms with Crippen molar-refractivity contribution in [1.29, 1.82) is 0 Å². The number of thiazole rings is 1. The summed E-state index contributed by atoms with van der Waals surface area (Å²) in [6, 6.07) is 17.3. The highest BCUT2D eigenvalue weighted by Crippen LogP contribution is 2.35. The van der Waals surface area contributed by atoms with Gasteiger partial charge < -0.3 is 18.8 Å². The number of amides is 1. The molecule has 0 unspecified atom stereocenters. The number of benzene rings is 3. The first-order valence-corrected chi connectivity index (χ1v) is 10.3. The molecule has 0 saturated carbocycles. The standard InChI is InChI=1S/C24H20N2O4S/c1-4-13-26-22-19(28-2)11-12-20(29-3)23(22)31-24(26)25-21(27)15-30-18-10-9-16-7-5-6-8-17(16)14-18/h1,5-12,14H,13,15H2,2-3H3. The van der Waals surface area contributed by atoms with Gasteiger partial charge in [-0.05, 0) is 35.0 Å². The number of fused-ring (bicyclic) bond motifs is 2. The molecule has 0 N–H and O–H groups in total. The fourth-order valence-corrected chi connectivity index (χ4v) is 4.47. The SMILES string of the molecule is C#CCn1c(=NC(=O)COc2ccc3ccccc3c2)sc2c(OC)ccc(OC)c21. The van der Waals surface area contributed by atoms with E-state index in [1.54, 1.807) is 24.9 Å². The Morgan fingerprint density at radius 2 is 1.81 bits per heavy atom. The second-order valence-electron chi connectivity index (χ2n) is 6.63. The summed E-state index contributed by atoms with van der Waals surface area (Å²) in [6.45, 7) is 0.0537. The number of terminal acetylenes is 1. The molecule has 0 spiro atoms. The molecule has 0 aliphatic heterocycles. The largest absolute Gasteiger partial charge is 0.495 e. The van der Waals surface area contributed by atoms with Crippen LogP contribution in [0.2, 0.25) is 0 Å². The van der Waals surface area contributed by atoms with Crippen molar-refractivity contribution in [2.45, 2.75) is 6.54 Å². The molecule has 0 aliphatic rings. The Morgan fingerprint density at radius 3 is 2.55 bits per heavy atom. The van der Waals surface area contributed by atoms with Crippen molar-refractivity contribution < 1.29 is 19.0 Å². The zero-order valence-electron chi connectivity index (χ0n) is 17.1. The zero-order valence-corrected chi connectivity index (χ0v) is 17.9. The highest BCUT2D eigenvalue weighted by Gasteiger charge is 2.16. The van der Waals surface area contributed by atoms with Crippen molar-refractivity contribution in [3.8, 4) is 29.6 Å². The van der Waals surface area contributed by atoms with E-state index in [9.17, 15) is 4.79 Å². The van der Waals surface area contributed by atoms with E-state index in [4.69, 9.17) is 20.6 Å². The Morgan fingerprint density at radius 1 is 1.06 bits per heavy atom. The summed E-state index contributed by atoms with van der Waals surface area (Å²) >= 11 is 1.32. The van der Waals surface area contributed by atoms with Gasteiger partial charge in [0.1, 0.15) is 27.5 Å². The highest BCUT2D eigenvalue weighted by atomic mass is 32.1. The molecule has 156 valence electrons. The molecule has 4 aromatic rings. The van der Waals surface area contributed by atoms with Gasteiger partial charge in [-0.3, -0.25) is 4.79 Å². The maximum atomic E-state index is 12.6. The first kappa shape index (κ1) is 20.5. The van der Waals surface area contributed by atoms with Gasteiger partial charge in [-0.15, -0.1) is 6.42 Å². The zero-order chi connectivity index (χ0) is 21.8. The Kier molecular flexibility index (Phi) is 5.92. The summed E-state index contributed by atoms with van der Waals surface area (Å²) in [5.41, 5.74) is 0.742. The molecule has 1 aromatic heterocycles. The number of hydrogen-bond acceptors (Lipinski definition) is 5. The fourth-order valence-electron chi connectivity index (χ4n) is 3.32. The molecule has 7 heteroatoms. The van der Waals surface area contributed by atoms with Gasteiger partial charge in [0.25, 0.3) is 5.91 Å². The number of nitrogens with zero attached hydrogens (tertiary/aromatic N) is 2. The minimum atomic E-state index is -0.414. The third-order valence-corrected chi connectivity index (χ3v) is 5.84. The van der Waals surface area contributed by atoms with Gasteiger partial charge in [-0.2, -0.15) is 4.99 Å². The van der Waals surface area contributed by atoms with Crippen molar-refractivity contribution in [2.24, 2.45) is 4.99 Å². The second-order valence-corrected chi connectivity index (χ2v) is 7.60. The molecule has 0 radical (unpaired) electrons. The van der Waals surface area contributed by atoms with Crippen LogP contribution in [0.3, 0.4) is 0 Å². The lowest BCUT2D eigenvalue weighted by Crippen LogP contribution is -2.19. The molecule has 0 saturated heterocycles. The van der Waals surface area contributed by atoms with Crippen LogP contribution in [-0.2, 0) is 11.3 Å². The summed E-state index contributed by atoms with van der Waals surface area (Å²) < 4.78 is 19.2. The summed E-state index contributed by atoms with van der Waals surface area (Å²) in [5, 5.41) is 2.15. The number of carbonyl (C=O) groups is 1. The van der Waals surface area contributed by atoms with Gasteiger partial charge in [0.15, 0.2) is 11.4 Å². The number of ether oxygens (including phenoxy) is 3. The van der Waals surface area contributed by atoms with E-state index in [2.05, 4.69) is 10.9 Å². The average molecular weight is 433 g/mol. The van der Waals surface area contributed by atoms with Crippen molar-refractivity contribution in [2.75, 3.05) is 20.8 Å². The van der Waals surface area contributed by atoms with Crippen LogP contribution in [0.5, 0.6) is 17.2 Å². The van der Waals surface area contributed by atoms with Gasteiger partial charge in [0, 0.05) is 0 Å². The smallest absolute Gasteiger partial charge is 0.286 e. The van der Waals surface area contributed by atoms with Crippen LogP contribution in [0.15, 0.2) is 59.6 Å². The second kappa shape index (κ2) is 8.94. The molecule has 0 aliphatic carbocycles. The Balaban J connectivity index is 1.66. The van der Waals surface area contributed by atoms with Crippen molar-refractivity contribution in [3.63, 3.8) is 0 Å². The van der Waals surface area contributed by atoms with Gasteiger partial charge in [-0.1, -0.05) is 47.6 Å². The van der Waals surface area contributed by atoms with Crippen LogP contribution in [0.1, 0.15) is 0 Å². The first-order chi connectivity index (χ1) is 15.1. The monoisotopic (exact) mass is 432 g/mol. The van der Waals surface area contributed by atoms with E-state index in [0.29, 0.717) is 22.0 Å². The number of rotatable bonds is 6. The van der Waals surface area contributed by atoms with E-state index in [1.807, 2.05) is 48.5 Å². The van der Waals surface area contributed by atoms with Gasteiger partial charge >= 0.3 is 0 Å². The minimum absolute atomic E-state index is 0.184. The van der Waals surface area contributed by atoms with Crippen LogP contribution < -0.4 is 19.0 Å². The van der Waals surface area contributed by atoms with Crippen LogP contribution >= 0.6 is 11.3 Å². The van der Waals surface area contributed by atoms with E-state index < -0.39 is 5.91 Å². The molecule has 1 heterocycles. The Hall–Kier alpha value is -3.76. The number of carbonyl (C=O) groups excluding carboxylic acids is 1. The number of methoxy groups -OCH3 is 2. The van der Waals surface area contributed by atoms with Crippen molar-refractivity contribution >= 4 is 38.2 Å². The van der Waals surface area contributed by atoms with Crippen LogP contribution in [-0.4, -0.2) is 31.3 Å². The third kappa shape index (κ3) is 4.11. The fraction of sp³-hybridized carbons (Fsp3) is 0.167. The quantitative estimate of drug-likeness (QED) is 0.432. The molecule has 4 rings (SSSR count). The lowest BCUT2D eigenvalue weighted by atomic mass is 10.1. The molecule has 0 fully saturated rings. The van der Waals surface area contributed by atoms with Crippen LogP contribution in [0.4, 0.5) is 0 Å². The lowest BCUT2D eigenvalue weighted by molar-refractivity contribution is -0.120. The molecule has 0 atom stereocenters. The van der Waals surface area contributed by atoms with Crippen LogP contribution in [0.25, 0.3) is 21.0 Å². The summed E-state index contributed by atoms with van der Waals surface area (Å²) in [6.07, 6.45) is 5.56. The van der Waals surface area contributed by atoms with Gasteiger partial charge in [-0.25, -0.2) is 0 Å². The third-order valence-electron chi connectivity index (χ3n) is 4.75. The molecule has 31 heavy (non-hydrogen) atoms. The summed E-state index contributed by atoms with van der Waals surface area (Å²) in [4.78, 5) is 17.3. The Labute approximate surface area is 183 Å². The lowest BCUT2D eigenvalue weighted by Gasteiger charge is -2.08. The first-order valence-electron chi connectivity index (χ1n) is 9.51. The number of hydrogen-bond donors (Lipinski definition) is 0. The predicted octanol–water partition coefficient (Wildman–Crippen LogP) is 4.01. The van der Waals surface area contributed by atoms with Crippen molar-refractivity contribution in [1.82, 2.24) is 4.57 Å². The van der Waals surface area contributed by atoms with E-state index in [1.165, 1.54) is 11.3 Å². The predicted molar refractivity (Wildman–Crippen MR) is 122 cm³/mol. The Bertz CT molecular complexity index is 1380. The highest BCUT2D eigenvalue weighted by molar-refractivity contribution is 7.16. The van der Waals surface area contributed by atoms with Crippen LogP contribution in [0, 0.1) is 12.3 Å². The van der Waals surface area contributed by atoms with Gasteiger partial charge in [0.05, 0.1) is 20.8 Å². The van der Waals surface area contributed by atoms with Gasteiger partial charge in [0.2, 0.25) is 0 Å². The minimum Gasteiger partial charge on any atom is -0.495 e. The molecule has 0 bridgehead atoms. The van der Waals surface area contributed by atoms with E-state index in [0.717, 1.165) is 21.0 Å². The maximum Gasteiger partial charge on any atom is 0.286 e. The molecule has 1 amide bonds. The molecular formula is C24H20N2O4S. The molecule has 6 nitrogen and oxygen atoms in total.